The third-order valence-electron chi connectivity index (χ3n) is 5.74. The summed E-state index contributed by atoms with van der Waals surface area (Å²) in [6.45, 7) is 3.23. The van der Waals surface area contributed by atoms with Crippen LogP contribution in [0.5, 0.6) is 0 Å². The van der Waals surface area contributed by atoms with Crippen LogP contribution in [-0.2, 0) is 11.3 Å². The molecule has 4 nitrogen and oxygen atoms in total. The van der Waals surface area contributed by atoms with Gasteiger partial charge < -0.3 is 10.2 Å². The second kappa shape index (κ2) is 9.52. The predicted molar refractivity (Wildman–Crippen MR) is 123 cm³/mol. The summed E-state index contributed by atoms with van der Waals surface area (Å²) in [5.41, 5.74) is 5.18. The largest absolute Gasteiger partial charge is 0.352 e. The summed E-state index contributed by atoms with van der Waals surface area (Å²) in [6, 6.07) is 13.9. The number of rotatable bonds is 6. The molecule has 1 heterocycles. The molecule has 0 spiro atoms. The van der Waals surface area contributed by atoms with Gasteiger partial charge in [0.2, 0.25) is 5.91 Å². The SMILES string of the molecule is Cc1ccc(CN2C(=O)CSc3ccc(C(=O)NCCC4=CCCCC4)cc32)cc1. The number of hydrogen-bond acceptors (Lipinski definition) is 3. The first-order chi connectivity index (χ1) is 14.6. The van der Waals surface area contributed by atoms with E-state index in [4.69, 9.17) is 0 Å². The van der Waals surface area contributed by atoms with E-state index in [0.717, 1.165) is 35.4 Å². The first-order valence-corrected chi connectivity index (χ1v) is 11.7. The maximum absolute atomic E-state index is 12.7. The van der Waals surface area contributed by atoms with Crippen LogP contribution in [0.1, 0.15) is 53.6 Å². The first-order valence-electron chi connectivity index (χ1n) is 10.7. The summed E-state index contributed by atoms with van der Waals surface area (Å²) < 4.78 is 0. The molecule has 2 amide bonds. The molecule has 1 aliphatic heterocycles. The zero-order valence-corrected chi connectivity index (χ0v) is 18.3. The molecule has 0 aromatic heterocycles. The lowest BCUT2D eigenvalue weighted by atomic mass is 9.97. The first kappa shape index (κ1) is 20.7. The molecule has 0 unspecified atom stereocenters. The van der Waals surface area contributed by atoms with E-state index in [-0.39, 0.29) is 11.8 Å². The van der Waals surface area contributed by atoms with E-state index in [0.29, 0.717) is 24.4 Å². The van der Waals surface area contributed by atoms with Crippen molar-refractivity contribution in [1.82, 2.24) is 5.32 Å². The highest BCUT2D eigenvalue weighted by Crippen LogP contribution is 2.37. The number of allylic oxidation sites excluding steroid dienone is 1. The van der Waals surface area contributed by atoms with Crippen LogP contribution < -0.4 is 10.2 Å². The van der Waals surface area contributed by atoms with E-state index < -0.39 is 0 Å². The lowest BCUT2D eigenvalue weighted by molar-refractivity contribution is -0.116. The number of nitrogens with one attached hydrogen (secondary N) is 1. The van der Waals surface area contributed by atoms with Crippen LogP contribution in [0.4, 0.5) is 5.69 Å². The lowest BCUT2D eigenvalue weighted by Crippen LogP contribution is -2.35. The van der Waals surface area contributed by atoms with Gasteiger partial charge in [0, 0.05) is 17.0 Å². The van der Waals surface area contributed by atoms with Crippen molar-refractivity contribution in [2.24, 2.45) is 0 Å². The third kappa shape index (κ3) is 4.96. The number of anilines is 1. The van der Waals surface area contributed by atoms with Crippen LogP contribution in [-0.4, -0.2) is 24.1 Å². The lowest BCUT2D eigenvalue weighted by Gasteiger charge is -2.29. The smallest absolute Gasteiger partial charge is 0.251 e. The molecule has 2 aromatic rings. The van der Waals surface area contributed by atoms with Crippen LogP contribution in [0.3, 0.4) is 0 Å². The Morgan fingerprint density at radius 1 is 1.13 bits per heavy atom. The molecule has 156 valence electrons. The van der Waals surface area contributed by atoms with Crippen molar-refractivity contribution in [3.8, 4) is 0 Å². The van der Waals surface area contributed by atoms with E-state index in [2.05, 4.69) is 42.6 Å². The molecule has 1 aliphatic carbocycles. The quantitative estimate of drug-likeness (QED) is 0.649. The highest BCUT2D eigenvalue weighted by atomic mass is 32.2. The van der Waals surface area contributed by atoms with Crippen molar-refractivity contribution < 1.29 is 9.59 Å². The predicted octanol–water partition coefficient (Wildman–Crippen LogP) is 5.25. The number of nitrogens with zero attached hydrogens (tertiary/aromatic N) is 1. The highest BCUT2D eigenvalue weighted by molar-refractivity contribution is 8.00. The molecular weight excluding hydrogens is 392 g/mol. The summed E-state index contributed by atoms with van der Waals surface area (Å²) in [4.78, 5) is 28.2. The Labute approximate surface area is 182 Å². The summed E-state index contributed by atoms with van der Waals surface area (Å²) in [6.07, 6.45) is 8.09. The molecule has 2 aromatic carbocycles. The van der Waals surface area contributed by atoms with Crippen molar-refractivity contribution in [1.29, 1.82) is 0 Å². The van der Waals surface area contributed by atoms with E-state index in [1.54, 1.807) is 16.7 Å². The minimum Gasteiger partial charge on any atom is -0.352 e. The molecule has 0 bridgehead atoms. The average molecular weight is 421 g/mol. The monoisotopic (exact) mass is 420 g/mol. The second-order valence-electron chi connectivity index (χ2n) is 8.05. The van der Waals surface area contributed by atoms with Crippen molar-refractivity contribution in [3.05, 3.63) is 70.8 Å². The van der Waals surface area contributed by atoms with Crippen molar-refractivity contribution >= 4 is 29.3 Å². The van der Waals surface area contributed by atoms with E-state index >= 15 is 0 Å². The summed E-state index contributed by atoms with van der Waals surface area (Å²) in [5, 5.41) is 3.05. The Balaban J connectivity index is 1.46. The number of amides is 2. The van der Waals surface area contributed by atoms with Crippen LogP contribution in [0.2, 0.25) is 0 Å². The van der Waals surface area contributed by atoms with Crippen LogP contribution in [0.15, 0.2) is 59.0 Å². The second-order valence-corrected chi connectivity index (χ2v) is 9.07. The number of aryl methyl sites for hydroxylation is 1. The van der Waals surface area contributed by atoms with Gasteiger partial charge in [0.05, 0.1) is 18.0 Å². The highest BCUT2D eigenvalue weighted by Gasteiger charge is 2.26. The Morgan fingerprint density at radius 3 is 2.73 bits per heavy atom. The van der Waals surface area contributed by atoms with Crippen molar-refractivity contribution in [2.45, 2.75) is 50.5 Å². The molecular formula is C25H28N2O2S. The number of hydrogen-bond donors (Lipinski definition) is 1. The number of carbonyl (C=O) groups is 2. The summed E-state index contributed by atoms with van der Waals surface area (Å²) in [7, 11) is 0. The fraction of sp³-hybridized carbons (Fsp3) is 0.360. The number of carbonyl (C=O) groups excluding carboxylic acids is 2. The van der Waals surface area contributed by atoms with Gasteiger partial charge in [0.15, 0.2) is 0 Å². The molecule has 5 heteroatoms. The average Bonchev–Trinajstić information content (AvgIpc) is 2.77. The van der Waals surface area contributed by atoms with Gasteiger partial charge in [-0.25, -0.2) is 0 Å². The Bertz CT molecular complexity index is 966. The van der Waals surface area contributed by atoms with Gasteiger partial charge in [-0.05, 0) is 62.8 Å². The van der Waals surface area contributed by atoms with E-state index in [1.165, 1.54) is 24.0 Å². The Hall–Kier alpha value is -2.53. The molecule has 2 aliphatic rings. The third-order valence-corrected chi connectivity index (χ3v) is 6.79. The maximum Gasteiger partial charge on any atom is 0.251 e. The Kier molecular flexibility index (Phi) is 6.58. The molecule has 0 saturated carbocycles. The van der Waals surface area contributed by atoms with Gasteiger partial charge in [-0.2, -0.15) is 0 Å². The van der Waals surface area contributed by atoms with Gasteiger partial charge in [0.1, 0.15) is 0 Å². The fourth-order valence-corrected chi connectivity index (χ4v) is 4.88. The summed E-state index contributed by atoms with van der Waals surface area (Å²) >= 11 is 1.54. The zero-order chi connectivity index (χ0) is 20.9. The van der Waals surface area contributed by atoms with E-state index in [1.807, 2.05) is 18.2 Å². The number of thioether (sulfide) groups is 1. The Morgan fingerprint density at radius 2 is 1.97 bits per heavy atom. The van der Waals surface area contributed by atoms with Crippen LogP contribution in [0.25, 0.3) is 0 Å². The van der Waals surface area contributed by atoms with Gasteiger partial charge in [-0.3, -0.25) is 9.59 Å². The minimum atomic E-state index is -0.0764. The molecule has 0 fully saturated rings. The standard InChI is InChI=1S/C25H28N2O2S/c1-18-7-9-20(10-8-18)16-27-22-15-21(11-12-23(22)30-17-24(27)28)25(29)26-14-13-19-5-3-2-4-6-19/h5,7-12,15H,2-4,6,13-14,16-17H2,1H3,(H,26,29). The van der Waals surface area contributed by atoms with Crippen molar-refractivity contribution in [3.63, 3.8) is 0 Å². The van der Waals surface area contributed by atoms with Gasteiger partial charge in [-0.15, -0.1) is 11.8 Å². The van der Waals surface area contributed by atoms with Crippen molar-refractivity contribution in [2.75, 3.05) is 17.2 Å². The summed E-state index contributed by atoms with van der Waals surface area (Å²) in [5.74, 6) is 0.432. The van der Waals surface area contributed by atoms with E-state index in [9.17, 15) is 9.59 Å². The molecule has 0 atom stereocenters. The number of benzene rings is 2. The normalized spacial score (nSPS) is 16.1. The molecule has 4 rings (SSSR count). The minimum absolute atomic E-state index is 0.0764. The van der Waals surface area contributed by atoms with Gasteiger partial charge in [0.25, 0.3) is 5.91 Å². The molecule has 1 N–H and O–H groups in total. The van der Waals surface area contributed by atoms with Crippen LogP contribution in [0, 0.1) is 6.92 Å². The maximum atomic E-state index is 12.7. The molecule has 30 heavy (non-hydrogen) atoms. The molecule has 0 saturated heterocycles. The zero-order valence-electron chi connectivity index (χ0n) is 17.4. The topological polar surface area (TPSA) is 49.4 Å². The van der Waals surface area contributed by atoms with Crippen LogP contribution >= 0.6 is 11.8 Å². The fourth-order valence-electron chi connectivity index (χ4n) is 3.96. The number of fused-ring (bicyclic) bond motifs is 1. The molecule has 0 radical (unpaired) electrons. The van der Waals surface area contributed by atoms with Gasteiger partial charge in [-0.1, -0.05) is 41.5 Å². The van der Waals surface area contributed by atoms with Gasteiger partial charge >= 0.3 is 0 Å².